The highest BCUT2D eigenvalue weighted by molar-refractivity contribution is 5.93. The summed E-state index contributed by atoms with van der Waals surface area (Å²) in [5, 5.41) is 5.88. The van der Waals surface area contributed by atoms with Gasteiger partial charge in [-0.25, -0.2) is 9.78 Å². The van der Waals surface area contributed by atoms with E-state index < -0.39 is 11.7 Å². The lowest BCUT2D eigenvalue weighted by Crippen LogP contribution is -2.51. The Morgan fingerprint density at radius 3 is 2.39 bits per heavy atom. The van der Waals surface area contributed by atoms with Gasteiger partial charge in [-0.1, -0.05) is 6.07 Å². The number of fused-ring (bicyclic) bond motifs is 1. The molecule has 6 rings (SSSR count). The molecule has 7 nitrogen and oxygen atoms in total. The zero-order valence-electron chi connectivity index (χ0n) is 18.6. The topological polar surface area (TPSA) is 84.7 Å². The first-order valence-corrected chi connectivity index (χ1v) is 11.4. The normalized spacial score (nSPS) is 29.2. The zero-order chi connectivity index (χ0) is 21.8. The summed E-state index contributed by atoms with van der Waals surface area (Å²) in [7, 11) is 0. The molecule has 2 aromatic rings. The third kappa shape index (κ3) is 4.14. The molecule has 166 valence electrons. The van der Waals surface area contributed by atoms with E-state index in [-0.39, 0.29) is 11.3 Å². The van der Waals surface area contributed by atoms with E-state index in [1.807, 2.05) is 32.9 Å². The first kappa shape index (κ1) is 20.3. The van der Waals surface area contributed by atoms with Crippen LogP contribution in [0.5, 0.6) is 0 Å². The lowest BCUT2D eigenvalue weighted by atomic mass is 9.49. The van der Waals surface area contributed by atoms with Crippen LogP contribution in [0.4, 0.5) is 10.6 Å². The number of aromatic nitrogens is 2. The van der Waals surface area contributed by atoms with Gasteiger partial charge in [0.05, 0.1) is 6.20 Å². The van der Waals surface area contributed by atoms with Crippen LogP contribution in [-0.2, 0) is 4.74 Å². The molecule has 4 aliphatic carbocycles. The standard InChI is InChI=1S/C24H32N4O3/c1-23(2,3)31-22(30)27-19-13-28-18(5-4-6-20(28)26-19)21(29)25-14-24-10-15-7-16(11-24)9-17(8-15)12-24/h4-6,13,15-17H,7-12,14H2,1-3H3,(H,25,29)(H,27,30). The average molecular weight is 425 g/mol. The van der Waals surface area contributed by atoms with Crippen LogP contribution in [0.15, 0.2) is 24.4 Å². The minimum absolute atomic E-state index is 0.0948. The number of rotatable bonds is 4. The van der Waals surface area contributed by atoms with Crippen LogP contribution in [0, 0.1) is 23.2 Å². The molecule has 2 amide bonds. The number of hydrogen-bond acceptors (Lipinski definition) is 4. The van der Waals surface area contributed by atoms with Gasteiger partial charge in [0.15, 0.2) is 5.82 Å². The lowest BCUT2D eigenvalue weighted by Gasteiger charge is -2.56. The van der Waals surface area contributed by atoms with Gasteiger partial charge in [0, 0.05) is 6.54 Å². The maximum Gasteiger partial charge on any atom is 0.413 e. The molecular formula is C24H32N4O3. The molecule has 2 heterocycles. The highest BCUT2D eigenvalue weighted by atomic mass is 16.6. The van der Waals surface area contributed by atoms with Crippen molar-refractivity contribution in [3.8, 4) is 0 Å². The first-order chi connectivity index (χ1) is 14.7. The summed E-state index contributed by atoms with van der Waals surface area (Å²) in [6.07, 6.45) is 9.08. The summed E-state index contributed by atoms with van der Waals surface area (Å²) in [5.74, 6) is 2.85. The molecule has 0 aliphatic heterocycles. The van der Waals surface area contributed by atoms with Gasteiger partial charge in [-0.15, -0.1) is 0 Å². The van der Waals surface area contributed by atoms with Crippen molar-refractivity contribution in [3.63, 3.8) is 0 Å². The van der Waals surface area contributed by atoms with Crippen LogP contribution in [0.3, 0.4) is 0 Å². The fourth-order valence-electron chi connectivity index (χ4n) is 6.53. The summed E-state index contributed by atoms with van der Waals surface area (Å²) in [4.78, 5) is 29.6. The SMILES string of the molecule is CC(C)(C)OC(=O)Nc1cn2c(C(=O)NCC34CC5CC(CC(C5)C3)C4)cccc2n1. The summed E-state index contributed by atoms with van der Waals surface area (Å²) in [6.45, 7) is 6.18. The first-order valence-electron chi connectivity index (χ1n) is 11.4. The fourth-order valence-corrected chi connectivity index (χ4v) is 6.53. The van der Waals surface area contributed by atoms with Crippen molar-refractivity contribution in [2.75, 3.05) is 11.9 Å². The van der Waals surface area contributed by atoms with Crippen molar-refractivity contribution in [3.05, 3.63) is 30.1 Å². The number of amides is 2. The van der Waals surface area contributed by atoms with Crippen molar-refractivity contribution in [1.29, 1.82) is 0 Å². The Morgan fingerprint density at radius 2 is 1.77 bits per heavy atom. The Kier molecular flexibility index (Phi) is 4.75. The molecule has 0 aromatic carbocycles. The van der Waals surface area contributed by atoms with Crippen LogP contribution in [-0.4, -0.2) is 33.5 Å². The van der Waals surface area contributed by atoms with Gasteiger partial charge >= 0.3 is 6.09 Å². The number of carbonyl (C=O) groups is 2. The Morgan fingerprint density at radius 1 is 1.13 bits per heavy atom. The second-order valence-electron chi connectivity index (χ2n) is 11.0. The molecule has 2 aromatic heterocycles. The van der Waals surface area contributed by atoms with Gasteiger partial charge in [-0.2, -0.15) is 0 Å². The van der Waals surface area contributed by atoms with Crippen LogP contribution >= 0.6 is 0 Å². The van der Waals surface area contributed by atoms with E-state index in [1.54, 1.807) is 16.7 Å². The van der Waals surface area contributed by atoms with Gasteiger partial charge in [0.25, 0.3) is 5.91 Å². The smallest absolute Gasteiger partial charge is 0.413 e. The number of hydrogen-bond donors (Lipinski definition) is 2. The second-order valence-corrected chi connectivity index (χ2v) is 11.0. The second kappa shape index (κ2) is 7.24. The molecular weight excluding hydrogens is 392 g/mol. The van der Waals surface area contributed by atoms with Gasteiger partial charge in [0.2, 0.25) is 0 Å². The summed E-state index contributed by atoms with van der Waals surface area (Å²) in [5.41, 5.74) is 0.822. The minimum Gasteiger partial charge on any atom is -0.444 e. The predicted octanol–water partition coefficient (Wildman–Crippen LogP) is 4.63. The largest absolute Gasteiger partial charge is 0.444 e. The number of ether oxygens (including phenoxy) is 1. The maximum absolute atomic E-state index is 13.1. The van der Waals surface area contributed by atoms with Crippen LogP contribution in [0.25, 0.3) is 5.65 Å². The molecule has 4 aliphatic rings. The number of imidazole rings is 1. The zero-order valence-corrected chi connectivity index (χ0v) is 18.6. The number of nitrogens with one attached hydrogen (secondary N) is 2. The Hall–Kier alpha value is -2.57. The highest BCUT2D eigenvalue weighted by Gasteiger charge is 2.50. The summed E-state index contributed by atoms with van der Waals surface area (Å²) < 4.78 is 7.02. The quantitative estimate of drug-likeness (QED) is 0.750. The molecule has 0 saturated heterocycles. The fraction of sp³-hybridized carbons (Fsp3) is 0.625. The van der Waals surface area contributed by atoms with E-state index in [4.69, 9.17) is 4.74 Å². The van der Waals surface area contributed by atoms with Crippen molar-refractivity contribution < 1.29 is 14.3 Å². The molecule has 2 N–H and O–H groups in total. The molecule has 0 radical (unpaired) electrons. The molecule has 7 heteroatoms. The third-order valence-electron chi connectivity index (χ3n) is 7.14. The Bertz CT molecular complexity index is 984. The molecule has 31 heavy (non-hydrogen) atoms. The molecule has 4 bridgehead atoms. The molecule has 0 spiro atoms. The predicted molar refractivity (Wildman–Crippen MR) is 118 cm³/mol. The number of nitrogens with zero attached hydrogens (tertiary/aromatic N) is 2. The van der Waals surface area contributed by atoms with Crippen LogP contribution in [0.1, 0.15) is 69.8 Å². The van der Waals surface area contributed by atoms with E-state index >= 15 is 0 Å². The molecule has 4 saturated carbocycles. The summed E-state index contributed by atoms with van der Waals surface area (Å²) in [6, 6.07) is 5.43. The average Bonchev–Trinajstić information content (AvgIpc) is 3.05. The van der Waals surface area contributed by atoms with E-state index in [2.05, 4.69) is 15.6 Å². The molecule has 0 unspecified atom stereocenters. The van der Waals surface area contributed by atoms with E-state index in [0.29, 0.717) is 17.2 Å². The van der Waals surface area contributed by atoms with Gasteiger partial charge in [-0.05, 0) is 94.6 Å². The Labute approximate surface area is 182 Å². The van der Waals surface area contributed by atoms with Crippen LogP contribution < -0.4 is 10.6 Å². The van der Waals surface area contributed by atoms with E-state index in [1.165, 1.54) is 38.5 Å². The van der Waals surface area contributed by atoms with Gasteiger partial charge in [-0.3, -0.25) is 14.5 Å². The van der Waals surface area contributed by atoms with E-state index in [0.717, 1.165) is 24.3 Å². The maximum atomic E-state index is 13.1. The monoisotopic (exact) mass is 424 g/mol. The Balaban J connectivity index is 1.29. The van der Waals surface area contributed by atoms with Gasteiger partial charge in [0.1, 0.15) is 16.9 Å². The van der Waals surface area contributed by atoms with Crippen molar-refractivity contribution in [2.24, 2.45) is 23.2 Å². The van der Waals surface area contributed by atoms with E-state index in [9.17, 15) is 9.59 Å². The summed E-state index contributed by atoms with van der Waals surface area (Å²) >= 11 is 0. The van der Waals surface area contributed by atoms with Crippen molar-refractivity contribution in [2.45, 2.75) is 64.9 Å². The van der Waals surface area contributed by atoms with Crippen molar-refractivity contribution >= 4 is 23.5 Å². The van der Waals surface area contributed by atoms with Crippen molar-refractivity contribution in [1.82, 2.24) is 14.7 Å². The molecule has 4 fully saturated rings. The molecule has 0 atom stereocenters. The van der Waals surface area contributed by atoms with Crippen LogP contribution in [0.2, 0.25) is 0 Å². The number of pyridine rings is 1. The lowest BCUT2D eigenvalue weighted by molar-refractivity contribution is -0.0503. The minimum atomic E-state index is -0.592. The number of anilines is 1. The highest BCUT2D eigenvalue weighted by Crippen LogP contribution is 2.59. The third-order valence-corrected chi connectivity index (χ3v) is 7.14. The van der Waals surface area contributed by atoms with Gasteiger partial charge < -0.3 is 10.1 Å². The number of carbonyl (C=O) groups excluding carboxylic acids is 2.